The third-order valence-electron chi connectivity index (χ3n) is 4.84. The van der Waals surface area contributed by atoms with E-state index in [0.29, 0.717) is 25.9 Å². The minimum Gasteiger partial charge on any atom is -0.591 e. The smallest absolute Gasteiger partial charge is 0.407 e. The average Bonchev–Trinajstić information content (AvgIpc) is 2.80. The van der Waals surface area contributed by atoms with Crippen molar-refractivity contribution in [3.8, 4) is 0 Å². The molecule has 0 bridgehead atoms. The van der Waals surface area contributed by atoms with Crippen LogP contribution in [0.15, 0.2) is 22.7 Å². The van der Waals surface area contributed by atoms with Gasteiger partial charge in [0.25, 0.3) is 0 Å². The highest BCUT2D eigenvalue weighted by atomic mass is 32.2. The Morgan fingerprint density at radius 3 is 2.67 bits per heavy atom. The van der Waals surface area contributed by atoms with Gasteiger partial charge in [0.15, 0.2) is 0 Å². The molecule has 1 amide bonds. The number of pyridine rings is 1. The summed E-state index contributed by atoms with van der Waals surface area (Å²) in [6, 6.07) is 3.86. The maximum absolute atomic E-state index is 12.6. The van der Waals surface area contributed by atoms with Gasteiger partial charge in [-0.05, 0) is 45.7 Å². The highest BCUT2D eigenvalue weighted by Gasteiger charge is 2.48. The molecule has 24 heavy (non-hydrogen) atoms. The molecule has 1 aromatic heterocycles. The summed E-state index contributed by atoms with van der Waals surface area (Å²) in [6.07, 6.45) is 3.01. The lowest BCUT2D eigenvalue weighted by Gasteiger charge is -2.38. The molecule has 1 fully saturated rings. The average molecular weight is 349 g/mol. The summed E-state index contributed by atoms with van der Waals surface area (Å²) < 4.78 is 16.8. The molecule has 0 aromatic carbocycles. The molecule has 2 aliphatic rings. The molecule has 1 aromatic rings. The minimum atomic E-state index is -1.35. The Hall–Kier alpha value is -1.60. The molecular weight excluding hydrogens is 326 g/mol. The fourth-order valence-corrected chi connectivity index (χ4v) is 4.12. The lowest BCUT2D eigenvalue weighted by atomic mass is 9.75. The van der Waals surface area contributed by atoms with Crippen molar-refractivity contribution in [3.63, 3.8) is 0 Å². The van der Waals surface area contributed by atoms with Crippen LogP contribution in [0.25, 0.3) is 0 Å². The first-order valence-electron chi connectivity index (χ1n) is 8.16. The predicted octanol–water partition coefficient (Wildman–Crippen LogP) is 2.65. The molecule has 1 atom stereocenters. The van der Waals surface area contributed by atoms with E-state index in [4.69, 9.17) is 0 Å². The first-order chi connectivity index (χ1) is 11.2. The van der Waals surface area contributed by atoms with Gasteiger partial charge in [0.1, 0.15) is 21.8 Å². The summed E-state index contributed by atoms with van der Waals surface area (Å²) in [5.74, 6) is 0. The molecule has 2 heterocycles. The van der Waals surface area contributed by atoms with E-state index in [1.807, 2.05) is 32.9 Å². The monoisotopic (exact) mass is 349 g/mol. The number of likely N-dealkylation sites (tertiary alicyclic amines) is 1. The van der Waals surface area contributed by atoms with Gasteiger partial charge in [-0.1, -0.05) is 4.40 Å². The minimum absolute atomic E-state index is 0.246. The van der Waals surface area contributed by atoms with E-state index >= 15 is 0 Å². The van der Waals surface area contributed by atoms with E-state index in [1.54, 1.807) is 6.20 Å². The predicted molar refractivity (Wildman–Crippen MR) is 93.6 cm³/mol. The number of amides is 1. The SMILES string of the molecule is CC(C)(C)[S+]([O-])/N=C1\c2cccnc2CC12CCN(C(=O)O)CC2. The molecule has 1 spiro atoms. The third kappa shape index (κ3) is 3.02. The van der Waals surface area contributed by atoms with E-state index in [2.05, 4.69) is 9.38 Å². The summed E-state index contributed by atoms with van der Waals surface area (Å²) >= 11 is -1.35. The third-order valence-corrected chi connectivity index (χ3v) is 6.24. The van der Waals surface area contributed by atoms with Crippen LogP contribution in [-0.2, 0) is 17.8 Å². The van der Waals surface area contributed by atoms with Gasteiger partial charge in [0.05, 0.1) is 5.69 Å². The Morgan fingerprint density at radius 1 is 1.42 bits per heavy atom. The zero-order chi connectivity index (χ0) is 17.5. The number of fused-ring (bicyclic) bond motifs is 1. The maximum atomic E-state index is 12.6. The van der Waals surface area contributed by atoms with E-state index in [1.165, 1.54) is 4.90 Å². The van der Waals surface area contributed by atoms with Gasteiger partial charge in [0, 0.05) is 36.7 Å². The molecule has 1 N–H and O–H groups in total. The van der Waals surface area contributed by atoms with Gasteiger partial charge in [-0.15, -0.1) is 0 Å². The zero-order valence-electron chi connectivity index (χ0n) is 14.3. The Bertz CT molecular complexity index is 676. The molecule has 1 unspecified atom stereocenters. The van der Waals surface area contributed by atoms with Gasteiger partial charge in [-0.3, -0.25) is 4.98 Å². The van der Waals surface area contributed by atoms with Crippen LogP contribution < -0.4 is 0 Å². The summed E-state index contributed by atoms with van der Waals surface area (Å²) in [4.78, 5) is 17.1. The quantitative estimate of drug-likeness (QED) is 0.789. The van der Waals surface area contributed by atoms with Gasteiger partial charge >= 0.3 is 6.09 Å². The van der Waals surface area contributed by atoms with Crippen molar-refractivity contribution in [1.82, 2.24) is 9.88 Å². The Labute approximate surface area is 145 Å². The second-order valence-electron chi connectivity index (χ2n) is 7.53. The number of aromatic nitrogens is 1. The summed E-state index contributed by atoms with van der Waals surface area (Å²) in [6.45, 7) is 6.68. The number of carboxylic acid groups (broad SMARTS) is 1. The lowest BCUT2D eigenvalue weighted by Crippen LogP contribution is -2.45. The Kier molecular flexibility index (Phi) is 4.34. The van der Waals surface area contributed by atoms with Gasteiger partial charge < -0.3 is 14.6 Å². The van der Waals surface area contributed by atoms with Gasteiger partial charge in [-0.2, -0.15) is 0 Å². The van der Waals surface area contributed by atoms with Crippen LogP contribution in [0.4, 0.5) is 4.79 Å². The highest BCUT2D eigenvalue weighted by Crippen LogP contribution is 2.45. The van der Waals surface area contributed by atoms with Crippen LogP contribution >= 0.6 is 0 Å². The normalized spacial score (nSPS) is 22.7. The van der Waals surface area contributed by atoms with Crippen molar-refractivity contribution in [2.45, 2.75) is 44.8 Å². The lowest BCUT2D eigenvalue weighted by molar-refractivity contribution is 0.114. The Morgan fingerprint density at radius 2 is 2.08 bits per heavy atom. The zero-order valence-corrected chi connectivity index (χ0v) is 15.1. The molecule has 130 valence electrons. The molecule has 7 heteroatoms. The molecule has 6 nitrogen and oxygen atoms in total. The molecule has 3 rings (SSSR count). The number of rotatable bonds is 1. The second kappa shape index (κ2) is 6.04. The first kappa shape index (κ1) is 17.2. The largest absolute Gasteiger partial charge is 0.591 e. The summed E-state index contributed by atoms with van der Waals surface area (Å²) in [7, 11) is 0. The maximum Gasteiger partial charge on any atom is 0.407 e. The Balaban J connectivity index is 1.98. The van der Waals surface area contributed by atoms with E-state index in [0.717, 1.165) is 23.4 Å². The number of piperidine rings is 1. The van der Waals surface area contributed by atoms with Crippen LogP contribution in [0, 0.1) is 5.41 Å². The van der Waals surface area contributed by atoms with Crippen molar-refractivity contribution >= 4 is 23.2 Å². The number of nitrogens with zero attached hydrogens (tertiary/aromatic N) is 3. The van der Waals surface area contributed by atoms with Crippen molar-refractivity contribution in [1.29, 1.82) is 0 Å². The standard InChI is InChI=1S/C17H23N3O3S/c1-16(2,3)24(23)19-14-12-5-4-8-18-13(12)11-17(14)6-9-20(10-7-17)15(21)22/h4-5,8H,6-7,9-11H2,1-3H3,(H,21,22)/b19-14+. The van der Waals surface area contributed by atoms with E-state index < -0.39 is 22.2 Å². The van der Waals surface area contributed by atoms with E-state index in [9.17, 15) is 14.5 Å². The number of carbonyl (C=O) groups is 1. The molecule has 1 aliphatic heterocycles. The van der Waals surface area contributed by atoms with Crippen LogP contribution in [-0.4, -0.2) is 49.2 Å². The van der Waals surface area contributed by atoms with E-state index in [-0.39, 0.29) is 5.41 Å². The first-order valence-corrected chi connectivity index (χ1v) is 9.27. The topological polar surface area (TPSA) is 88.9 Å². The van der Waals surface area contributed by atoms with Crippen LogP contribution in [0.1, 0.15) is 44.9 Å². The summed E-state index contributed by atoms with van der Waals surface area (Å²) in [5, 5.41) is 9.20. The van der Waals surface area contributed by atoms with Crippen molar-refractivity contribution in [3.05, 3.63) is 29.6 Å². The number of hydrogen-bond donors (Lipinski definition) is 1. The number of hydrogen-bond acceptors (Lipinski definition) is 4. The van der Waals surface area contributed by atoms with Gasteiger partial charge in [0.2, 0.25) is 0 Å². The molecule has 0 radical (unpaired) electrons. The van der Waals surface area contributed by atoms with Gasteiger partial charge in [-0.25, -0.2) is 4.79 Å². The van der Waals surface area contributed by atoms with Crippen LogP contribution in [0.3, 0.4) is 0 Å². The van der Waals surface area contributed by atoms with Crippen LogP contribution in [0.5, 0.6) is 0 Å². The molecular formula is C17H23N3O3S. The molecule has 0 saturated carbocycles. The summed E-state index contributed by atoms with van der Waals surface area (Å²) in [5.41, 5.74) is 2.55. The van der Waals surface area contributed by atoms with Crippen molar-refractivity contribution < 1.29 is 14.5 Å². The van der Waals surface area contributed by atoms with Crippen LogP contribution in [0.2, 0.25) is 0 Å². The fraction of sp³-hybridized carbons (Fsp3) is 0.588. The molecule has 1 aliphatic carbocycles. The highest BCUT2D eigenvalue weighted by molar-refractivity contribution is 7.91. The second-order valence-corrected chi connectivity index (χ2v) is 9.43. The molecule has 1 saturated heterocycles. The van der Waals surface area contributed by atoms with Crippen molar-refractivity contribution in [2.24, 2.45) is 9.81 Å². The van der Waals surface area contributed by atoms with Crippen molar-refractivity contribution in [2.75, 3.05) is 13.1 Å². The fourth-order valence-electron chi connectivity index (χ4n) is 3.39.